The van der Waals surface area contributed by atoms with E-state index < -0.39 is 0 Å². The number of hydrogen-bond donors (Lipinski definition) is 0. The molecule has 2 saturated heterocycles. The topological polar surface area (TPSA) is 0 Å². The number of rotatable bonds is 0. The predicted octanol–water partition coefficient (Wildman–Crippen LogP) is -7.71. The Bertz CT molecular complexity index is 75.1. The van der Waals surface area contributed by atoms with E-state index in [1.54, 1.807) is 0 Å². The summed E-state index contributed by atoms with van der Waals surface area (Å²) in [5.74, 6) is 0. The van der Waals surface area contributed by atoms with Crippen LogP contribution >= 0.6 is 0 Å². The highest BCUT2D eigenvalue weighted by Gasteiger charge is 2.39. The fourth-order valence-corrected chi connectivity index (χ4v) is 668. The van der Waals surface area contributed by atoms with Gasteiger partial charge in [-0.25, -0.2) is 0 Å². The van der Waals surface area contributed by atoms with Crippen molar-refractivity contribution in [2.45, 2.75) is 0 Å². The van der Waals surface area contributed by atoms with Crippen LogP contribution in [0.15, 0.2) is 0 Å². The molecule has 2 heterocycles. The molecule has 0 N–H and O–H groups in total. The van der Waals surface area contributed by atoms with E-state index in [9.17, 15) is 0 Å². The Kier molecular flexibility index (Phi) is 2.64. The second-order valence-corrected chi connectivity index (χ2v) is 106. The highest BCUT2D eigenvalue weighted by molar-refractivity contribution is 8.15. The van der Waals surface area contributed by atoms with Crippen molar-refractivity contribution in [1.29, 1.82) is 0 Å². The van der Waals surface area contributed by atoms with Crippen molar-refractivity contribution < 1.29 is 0 Å². The third-order valence-corrected chi connectivity index (χ3v) is 270. The zero-order valence-corrected chi connectivity index (χ0v) is 18.5. The van der Waals surface area contributed by atoms with Crippen LogP contribution in [0.25, 0.3) is 0 Å². The first-order valence-corrected chi connectivity index (χ1v) is 39.7. The smallest absolute Gasteiger partial charge is 0.00481 e. The molecule has 0 aliphatic carbocycles. The summed E-state index contributed by atoms with van der Waals surface area (Å²) in [7, 11) is 7.92. The minimum absolute atomic E-state index is 0.333. The largest absolute Gasteiger partial charge is 0.00926 e. The summed E-state index contributed by atoms with van der Waals surface area (Å²) in [6.07, 6.45) is 0.333. The summed E-state index contributed by atoms with van der Waals surface area (Å²) in [5, 5.41) is 0. The van der Waals surface area contributed by atoms with E-state index in [-0.39, 0.29) is 0 Å². The molecule has 0 aromatic carbocycles. The van der Waals surface area contributed by atoms with Crippen molar-refractivity contribution >= 4 is 74.6 Å². The van der Waals surface area contributed by atoms with Gasteiger partial charge < -0.3 is 0 Å². The Morgan fingerprint density at radius 3 is 1.22 bits per heavy atom. The van der Waals surface area contributed by atoms with E-state index >= 15 is 0 Å². The lowest BCUT2D eigenvalue weighted by molar-refractivity contribution is 3.59. The quantitative estimate of drug-likeness (QED) is 0.383. The maximum Gasteiger partial charge on any atom is -0.00481 e. The van der Waals surface area contributed by atoms with E-state index in [0.29, 0.717) is 6.14 Å². The van der Waals surface area contributed by atoms with Crippen molar-refractivity contribution in [3.63, 3.8) is 0 Å². The molecule has 0 amide bonds. The highest BCUT2D eigenvalue weighted by atomic mass is 30.5. The summed E-state index contributed by atoms with van der Waals surface area (Å²) in [6, 6.07) is 0. The van der Waals surface area contributed by atoms with Crippen LogP contribution in [0.4, 0.5) is 0 Å². The molecule has 0 nitrogen and oxygen atoms in total. The third-order valence-electron chi connectivity index (χ3n) is 3.33. The van der Waals surface area contributed by atoms with Crippen LogP contribution < -0.4 is 0 Å². The lowest BCUT2D eigenvalue weighted by Crippen LogP contribution is -2.54. The van der Waals surface area contributed by atoms with Crippen molar-refractivity contribution in [3.8, 4) is 0 Å². The summed E-state index contributed by atoms with van der Waals surface area (Å²) < 4.78 is 0. The van der Waals surface area contributed by atoms with E-state index in [1.807, 2.05) is 0 Å². The standard InChI is InChI=1S/H16Si9/c1-2-6-9(5-1)7-3-4-8-9/h1-8H2. The first kappa shape index (κ1) is 7.59. The molecule has 2 fully saturated rings. The molecule has 0 unspecified atom stereocenters. The zero-order chi connectivity index (χ0) is 6.16. The summed E-state index contributed by atoms with van der Waals surface area (Å²) in [4.78, 5) is 0. The molecule has 2 rings (SSSR count). The van der Waals surface area contributed by atoms with Gasteiger partial charge in [0.1, 0.15) is 0 Å². The SMILES string of the molecule is [SiH2]1[SiH2][SiH2][Si]2([SiH2]1)[SiH2][SiH2][SiH2][SiH2]2. The van der Waals surface area contributed by atoms with E-state index in [2.05, 4.69) is 0 Å². The molecule has 0 atom stereocenters. The molecule has 2 aliphatic heterocycles. The average molecular weight is 269 g/mol. The van der Waals surface area contributed by atoms with Crippen LogP contribution in [0.3, 0.4) is 0 Å². The molecule has 0 aromatic rings. The van der Waals surface area contributed by atoms with Gasteiger partial charge >= 0.3 is 0 Å². The minimum Gasteiger partial charge on any atom is -0.00926 e. The lowest BCUT2D eigenvalue weighted by atomic mass is 25.9. The molecular formula is H16Si9. The highest BCUT2D eigenvalue weighted by Crippen LogP contribution is 2.02. The third kappa shape index (κ3) is 1.58. The van der Waals surface area contributed by atoms with Crippen LogP contribution in [-0.2, 0) is 0 Å². The Morgan fingerprint density at radius 1 is 0.556 bits per heavy atom. The van der Waals surface area contributed by atoms with Crippen LogP contribution in [0.2, 0.25) is 0 Å². The molecule has 9 heteroatoms. The monoisotopic (exact) mass is 268 g/mol. The molecular weight excluding hydrogens is 253 g/mol. The molecule has 0 saturated carbocycles. The fourth-order valence-electron chi connectivity index (χ4n) is 2.75. The minimum atomic E-state index is 0.333. The molecule has 0 aromatic heterocycles. The number of hydrogen-bond acceptors (Lipinski definition) is 0. The van der Waals surface area contributed by atoms with Gasteiger partial charge in [0.05, 0.1) is 0 Å². The first-order valence-electron chi connectivity index (χ1n) is 4.41. The van der Waals surface area contributed by atoms with Gasteiger partial charge in [-0.3, -0.25) is 0 Å². The van der Waals surface area contributed by atoms with Gasteiger partial charge in [-0.2, -0.15) is 0 Å². The predicted molar refractivity (Wildman–Crippen MR) is 74.1 cm³/mol. The van der Waals surface area contributed by atoms with E-state index in [0.717, 1.165) is 68.4 Å². The zero-order valence-electron chi connectivity index (χ0n) is 6.16. The average Bonchev–Trinajstić information content (AvgIpc) is 2.45. The lowest BCUT2D eigenvalue weighted by Gasteiger charge is -2.17. The summed E-state index contributed by atoms with van der Waals surface area (Å²) in [6.45, 7) is 0. The van der Waals surface area contributed by atoms with E-state index in [4.69, 9.17) is 0 Å². The fraction of sp³-hybridized carbons (Fsp3) is 0. The van der Waals surface area contributed by atoms with Crippen LogP contribution in [-0.4, -0.2) is 74.6 Å². The van der Waals surface area contributed by atoms with Crippen LogP contribution in [0, 0.1) is 0 Å². The van der Waals surface area contributed by atoms with Crippen LogP contribution in [0.1, 0.15) is 0 Å². The summed E-state index contributed by atoms with van der Waals surface area (Å²) >= 11 is 0. The molecule has 1 spiro atoms. The molecule has 0 radical (unpaired) electrons. The second-order valence-electron chi connectivity index (χ2n) is 3.91. The molecule has 0 bridgehead atoms. The maximum absolute atomic E-state index is 1.01. The van der Waals surface area contributed by atoms with Gasteiger partial charge in [-0.05, 0) is 74.6 Å². The van der Waals surface area contributed by atoms with Gasteiger partial charge in [0.25, 0.3) is 0 Å². The Balaban J connectivity index is 2.04. The van der Waals surface area contributed by atoms with Gasteiger partial charge in [-0.15, -0.1) is 0 Å². The van der Waals surface area contributed by atoms with E-state index in [1.165, 1.54) is 0 Å². The van der Waals surface area contributed by atoms with Gasteiger partial charge in [-0.1, -0.05) is 0 Å². The van der Waals surface area contributed by atoms with Crippen molar-refractivity contribution in [2.75, 3.05) is 0 Å². The molecule has 9 heavy (non-hydrogen) atoms. The van der Waals surface area contributed by atoms with Gasteiger partial charge in [0.2, 0.25) is 0 Å². The Morgan fingerprint density at radius 2 is 0.889 bits per heavy atom. The molecule has 2 aliphatic rings. The van der Waals surface area contributed by atoms with Gasteiger partial charge in [0, 0.05) is 0 Å². The van der Waals surface area contributed by atoms with Crippen LogP contribution in [0.5, 0.6) is 0 Å². The Hall–Kier alpha value is 1.95. The Labute approximate surface area is 74.2 Å². The van der Waals surface area contributed by atoms with Crippen molar-refractivity contribution in [3.05, 3.63) is 0 Å². The second kappa shape index (κ2) is 3.13. The van der Waals surface area contributed by atoms with Gasteiger partial charge in [0.15, 0.2) is 0 Å². The summed E-state index contributed by atoms with van der Waals surface area (Å²) in [5.41, 5.74) is 0. The van der Waals surface area contributed by atoms with Crippen molar-refractivity contribution in [2.24, 2.45) is 0 Å². The normalized spacial score (nSPS) is 64.0. The molecule has 52 valence electrons. The maximum atomic E-state index is 1.01. The van der Waals surface area contributed by atoms with Crippen molar-refractivity contribution in [1.82, 2.24) is 0 Å². The first-order chi connectivity index (χ1) is 4.41.